The molecule has 10 nitrogen and oxygen atoms in total. The van der Waals surface area contributed by atoms with Crippen LogP contribution in [-0.4, -0.2) is 80.8 Å². The van der Waals surface area contributed by atoms with Crippen molar-refractivity contribution in [2.75, 3.05) is 12.3 Å². The molecular formula is C25H34N4O6S. The van der Waals surface area contributed by atoms with Crippen molar-refractivity contribution in [1.29, 1.82) is 0 Å². The molecule has 36 heavy (non-hydrogen) atoms. The van der Waals surface area contributed by atoms with Gasteiger partial charge >= 0.3 is 5.97 Å². The van der Waals surface area contributed by atoms with E-state index in [1.165, 1.54) is 0 Å². The van der Waals surface area contributed by atoms with Crippen LogP contribution in [-0.2, 0) is 19.2 Å². The number of hydrogen-bond acceptors (Lipinski definition) is 7. The molecule has 196 valence electrons. The van der Waals surface area contributed by atoms with Crippen molar-refractivity contribution in [3.8, 4) is 0 Å². The van der Waals surface area contributed by atoms with Gasteiger partial charge in [0.05, 0.1) is 12.1 Å². The van der Waals surface area contributed by atoms with E-state index in [0.717, 1.165) is 11.8 Å². The van der Waals surface area contributed by atoms with Crippen LogP contribution in [0.15, 0.2) is 30.3 Å². The van der Waals surface area contributed by atoms with Crippen LogP contribution in [0, 0.1) is 0 Å². The van der Waals surface area contributed by atoms with Crippen LogP contribution >= 0.6 is 11.8 Å². The zero-order valence-electron chi connectivity index (χ0n) is 20.8. The van der Waals surface area contributed by atoms with Gasteiger partial charge in [0.2, 0.25) is 22.8 Å². The molecule has 2 aliphatic heterocycles. The third kappa shape index (κ3) is 7.30. The SMILES string of the molecule is CC(C)(C)NC(=O)[C@@H]1[C@H](CSC(=O)c2ccccc2)NC(=O)[C@H](CCC(=O)O)NC(=O)[C@@H]2CCCN12. The summed E-state index contributed by atoms with van der Waals surface area (Å²) in [5, 5.41) is 17.4. The fourth-order valence-electron chi connectivity index (χ4n) is 4.53. The van der Waals surface area contributed by atoms with Crippen molar-refractivity contribution < 1.29 is 29.1 Å². The van der Waals surface area contributed by atoms with Gasteiger partial charge in [0.15, 0.2) is 0 Å². The van der Waals surface area contributed by atoms with Crippen LogP contribution in [0.5, 0.6) is 0 Å². The molecule has 0 saturated carbocycles. The second-order valence-electron chi connectivity index (χ2n) is 10.2. The number of fused-ring (bicyclic) bond motifs is 1. The number of carbonyl (C=O) groups excluding carboxylic acids is 4. The molecule has 0 radical (unpaired) electrons. The number of nitrogens with one attached hydrogen (secondary N) is 3. The lowest BCUT2D eigenvalue weighted by Gasteiger charge is -2.37. The summed E-state index contributed by atoms with van der Waals surface area (Å²) in [7, 11) is 0. The summed E-state index contributed by atoms with van der Waals surface area (Å²) in [6.07, 6.45) is 0.815. The maximum absolute atomic E-state index is 13.6. The van der Waals surface area contributed by atoms with Crippen molar-refractivity contribution in [2.24, 2.45) is 0 Å². The standard InChI is InChI=1S/C25H34N4O6S/c1-25(2,3)28-23(34)20-17(14-36-24(35)15-8-5-4-6-9-15)27-21(32)16(11-12-19(30)31)26-22(33)18-10-7-13-29(18)20/h4-6,8-9,16-18,20H,7,10-14H2,1-3H3,(H,26,33)(H,27,32)(H,28,34)(H,30,31)/t16-,17-,18-,20-/m0/s1. The van der Waals surface area contributed by atoms with Crippen LogP contribution in [0.4, 0.5) is 0 Å². The van der Waals surface area contributed by atoms with E-state index in [1.54, 1.807) is 29.2 Å². The Bertz CT molecular complexity index is 996. The fourth-order valence-corrected chi connectivity index (χ4v) is 5.43. The predicted octanol–water partition coefficient (Wildman–Crippen LogP) is 1.16. The summed E-state index contributed by atoms with van der Waals surface area (Å²) in [6, 6.07) is 5.34. The molecule has 0 spiro atoms. The summed E-state index contributed by atoms with van der Waals surface area (Å²) in [6.45, 7) is 6.01. The van der Waals surface area contributed by atoms with E-state index in [2.05, 4.69) is 16.0 Å². The number of benzene rings is 1. The van der Waals surface area contributed by atoms with E-state index >= 15 is 0 Å². The van der Waals surface area contributed by atoms with Gasteiger partial charge in [0, 0.05) is 23.3 Å². The number of aliphatic carboxylic acids is 1. The number of thioether (sulfide) groups is 1. The van der Waals surface area contributed by atoms with Gasteiger partial charge in [0.1, 0.15) is 12.1 Å². The second-order valence-corrected chi connectivity index (χ2v) is 11.1. The largest absolute Gasteiger partial charge is 0.481 e. The van der Waals surface area contributed by atoms with Gasteiger partial charge in [-0.3, -0.25) is 28.9 Å². The Kier molecular flexibility index (Phi) is 9.13. The highest BCUT2D eigenvalue weighted by Gasteiger charge is 2.46. The first-order valence-corrected chi connectivity index (χ1v) is 13.1. The number of carboxylic acids is 1. The zero-order valence-corrected chi connectivity index (χ0v) is 21.6. The highest BCUT2D eigenvalue weighted by atomic mass is 32.2. The van der Waals surface area contributed by atoms with Crippen LogP contribution in [0.25, 0.3) is 0 Å². The van der Waals surface area contributed by atoms with Gasteiger partial charge in [-0.05, 0) is 46.6 Å². The van der Waals surface area contributed by atoms with Gasteiger partial charge in [-0.1, -0.05) is 42.1 Å². The Balaban J connectivity index is 1.94. The van der Waals surface area contributed by atoms with Gasteiger partial charge in [-0.2, -0.15) is 0 Å². The van der Waals surface area contributed by atoms with Crippen molar-refractivity contribution >= 4 is 40.6 Å². The summed E-state index contributed by atoms with van der Waals surface area (Å²) in [5.41, 5.74) is -0.0544. The molecule has 2 aliphatic rings. The lowest BCUT2D eigenvalue weighted by molar-refractivity contribution is -0.138. The Morgan fingerprint density at radius 2 is 1.81 bits per heavy atom. The average molecular weight is 519 g/mol. The Hall–Kier alpha value is -2.92. The quantitative estimate of drug-likeness (QED) is 0.421. The predicted molar refractivity (Wildman–Crippen MR) is 135 cm³/mol. The summed E-state index contributed by atoms with van der Waals surface area (Å²) < 4.78 is 0. The Morgan fingerprint density at radius 1 is 1.11 bits per heavy atom. The normalized spacial score (nSPS) is 25.0. The van der Waals surface area contributed by atoms with Crippen LogP contribution in [0.2, 0.25) is 0 Å². The summed E-state index contributed by atoms with van der Waals surface area (Å²) >= 11 is 0.995. The molecule has 0 unspecified atom stereocenters. The second kappa shape index (κ2) is 11.9. The monoisotopic (exact) mass is 518 g/mol. The van der Waals surface area contributed by atoms with E-state index in [0.29, 0.717) is 24.9 Å². The molecule has 4 atom stereocenters. The number of nitrogens with zero attached hydrogens (tertiary/aromatic N) is 1. The van der Waals surface area contributed by atoms with E-state index < -0.39 is 47.5 Å². The van der Waals surface area contributed by atoms with Gasteiger partial charge in [-0.25, -0.2) is 0 Å². The number of carbonyl (C=O) groups is 5. The first-order valence-electron chi connectivity index (χ1n) is 12.1. The first-order chi connectivity index (χ1) is 17.0. The smallest absolute Gasteiger partial charge is 0.303 e. The molecule has 0 bridgehead atoms. The van der Waals surface area contributed by atoms with Crippen molar-refractivity contribution in [3.63, 3.8) is 0 Å². The van der Waals surface area contributed by atoms with Crippen LogP contribution < -0.4 is 16.0 Å². The number of hydrogen-bond donors (Lipinski definition) is 4. The van der Waals surface area contributed by atoms with E-state index in [-0.39, 0.29) is 29.6 Å². The molecule has 3 rings (SSSR count). The lowest BCUT2D eigenvalue weighted by atomic mass is 10.0. The summed E-state index contributed by atoms with van der Waals surface area (Å²) in [4.78, 5) is 65.7. The average Bonchev–Trinajstić information content (AvgIpc) is 3.28. The maximum Gasteiger partial charge on any atom is 0.303 e. The third-order valence-electron chi connectivity index (χ3n) is 6.11. The maximum atomic E-state index is 13.6. The molecule has 2 saturated heterocycles. The van der Waals surface area contributed by atoms with E-state index in [4.69, 9.17) is 5.11 Å². The Labute approximate surface area is 214 Å². The van der Waals surface area contributed by atoms with Crippen LogP contribution in [0.3, 0.4) is 0 Å². The summed E-state index contributed by atoms with van der Waals surface area (Å²) in [5.74, 6) is -2.30. The van der Waals surface area contributed by atoms with Crippen molar-refractivity contribution in [2.45, 2.75) is 76.2 Å². The molecule has 3 amide bonds. The molecule has 1 aromatic carbocycles. The van der Waals surface area contributed by atoms with Gasteiger partial charge in [0.25, 0.3) is 0 Å². The molecule has 0 aliphatic carbocycles. The van der Waals surface area contributed by atoms with E-state index in [9.17, 15) is 24.0 Å². The fraction of sp³-hybridized carbons (Fsp3) is 0.560. The number of amides is 3. The molecular weight excluding hydrogens is 484 g/mol. The zero-order chi connectivity index (χ0) is 26.5. The molecule has 11 heteroatoms. The lowest BCUT2D eigenvalue weighted by Crippen LogP contribution is -2.63. The third-order valence-corrected chi connectivity index (χ3v) is 7.14. The van der Waals surface area contributed by atoms with E-state index in [1.807, 2.05) is 26.8 Å². The highest BCUT2D eigenvalue weighted by Crippen LogP contribution is 2.26. The number of rotatable bonds is 7. The molecule has 2 fully saturated rings. The minimum atomic E-state index is -1.08. The van der Waals surface area contributed by atoms with Gasteiger partial charge in [-0.15, -0.1) is 0 Å². The van der Waals surface area contributed by atoms with Crippen molar-refractivity contribution in [3.05, 3.63) is 35.9 Å². The molecule has 1 aromatic rings. The minimum absolute atomic E-state index is 0.0821. The topological polar surface area (TPSA) is 145 Å². The Morgan fingerprint density at radius 3 is 2.44 bits per heavy atom. The van der Waals surface area contributed by atoms with Crippen LogP contribution in [0.1, 0.15) is 56.8 Å². The van der Waals surface area contributed by atoms with Crippen molar-refractivity contribution in [1.82, 2.24) is 20.9 Å². The molecule has 0 aromatic heterocycles. The number of carboxylic acid groups (broad SMARTS) is 1. The van der Waals surface area contributed by atoms with Gasteiger partial charge < -0.3 is 21.1 Å². The highest BCUT2D eigenvalue weighted by molar-refractivity contribution is 8.14. The first kappa shape index (κ1) is 27.7. The minimum Gasteiger partial charge on any atom is -0.481 e. The molecule has 2 heterocycles. The molecule has 4 N–H and O–H groups in total.